The molecule has 104 valence electrons. The summed E-state index contributed by atoms with van der Waals surface area (Å²) in [7, 11) is 0. The van der Waals surface area contributed by atoms with E-state index in [1.54, 1.807) is 0 Å². The highest BCUT2D eigenvalue weighted by Gasteiger charge is 2.46. The Morgan fingerprint density at radius 2 is 1.89 bits per heavy atom. The fourth-order valence-electron chi connectivity index (χ4n) is 3.79. The zero-order chi connectivity index (χ0) is 13.7. The standard InChI is InChI=1S/C17H25NO/c1-12(2)13-6-7-14-15(10-13)19-17(8-4-5-9-17)11-16(14,3)18/h6-7,10,12H,4-5,8-9,11,18H2,1-3H3. The Balaban J connectivity index is 2.04. The van der Waals surface area contributed by atoms with E-state index < -0.39 is 0 Å². The van der Waals surface area contributed by atoms with Crippen LogP contribution in [0.1, 0.15) is 69.9 Å². The molecule has 2 aliphatic rings. The predicted octanol–water partition coefficient (Wildman–Crippen LogP) is 4.08. The molecule has 2 N–H and O–H groups in total. The van der Waals surface area contributed by atoms with Crippen molar-refractivity contribution in [3.63, 3.8) is 0 Å². The van der Waals surface area contributed by atoms with Crippen LogP contribution in [0.15, 0.2) is 18.2 Å². The Morgan fingerprint density at radius 1 is 1.21 bits per heavy atom. The van der Waals surface area contributed by atoms with E-state index in [1.807, 2.05) is 0 Å². The third-order valence-electron chi connectivity index (χ3n) is 4.82. The summed E-state index contributed by atoms with van der Waals surface area (Å²) in [6.07, 6.45) is 5.81. The van der Waals surface area contributed by atoms with Gasteiger partial charge in [-0.25, -0.2) is 0 Å². The molecule has 2 heteroatoms. The molecule has 0 aromatic heterocycles. The average Bonchev–Trinajstić information content (AvgIpc) is 2.74. The molecule has 19 heavy (non-hydrogen) atoms. The third-order valence-corrected chi connectivity index (χ3v) is 4.82. The van der Waals surface area contributed by atoms with Crippen LogP contribution in [-0.2, 0) is 5.54 Å². The molecule has 1 fully saturated rings. The zero-order valence-corrected chi connectivity index (χ0v) is 12.3. The SMILES string of the molecule is CC(C)c1ccc2c(c1)OC1(CCCC1)CC2(C)N. The van der Waals surface area contributed by atoms with Crippen molar-refractivity contribution in [2.24, 2.45) is 5.73 Å². The van der Waals surface area contributed by atoms with Crippen LogP contribution in [0.5, 0.6) is 5.75 Å². The molecule has 1 spiro atoms. The van der Waals surface area contributed by atoms with E-state index in [4.69, 9.17) is 10.5 Å². The summed E-state index contributed by atoms with van der Waals surface area (Å²) in [4.78, 5) is 0. The van der Waals surface area contributed by atoms with E-state index in [0.29, 0.717) is 5.92 Å². The molecule has 2 nitrogen and oxygen atoms in total. The highest BCUT2D eigenvalue weighted by molar-refractivity contribution is 5.45. The van der Waals surface area contributed by atoms with Crippen molar-refractivity contribution in [2.75, 3.05) is 0 Å². The molecule has 3 rings (SSSR count). The molecule has 1 atom stereocenters. The van der Waals surface area contributed by atoms with E-state index in [1.165, 1.54) is 24.0 Å². The maximum Gasteiger partial charge on any atom is 0.125 e. The molecule has 1 aliphatic heterocycles. The van der Waals surface area contributed by atoms with Crippen molar-refractivity contribution >= 4 is 0 Å². The molecule has 1 saturated carbocycles. The second-order valence-corrected chi connectivity index (χ2v) is 7.00. The van der Waals surface area contributed by atoms with Gasteiger partial charge >= 0.3 is 0 Å². The molecule has 1 unspecified atom stereocenters. The lowest BCUT2D eigenvalue weighted by atomic mass is 9.77. The van der Waals surface area contributed by atoms with Crippen molar-refractivity contribution in [3.8, 4) is 5.75 Å². The van der Waals surface area contributed by atoms with Crippen molar-refractivity contribution in [1.82, 2.24) is 0 Å². The molecular formula is C17H25NO. The topological polar surface area (TPSA) is 35.2 Å². The molecule has 1 heterocycles. The minimum absolute atomic E-state index is 0.00605. The van der Waals surface area contributed by atoms with Crippen LogP contribution in [0.3, 0.4) is 0 Å². The van der Waals surface area contributed by atoms with Gasteiger partial charge in [0.05, 0.1) is 0 Å². The van der Waals surface area contributed by atoms with Crippen LogP contribution in [0.2, 0.25) is 0 Å². The average molecular weight is 259 g/mol. The zero-order valence-electron chi connectivity index (χ0n) is 12.3. The molecule has 0 saturated heterocycles. The summed E-state index contributed by atoms with van der Waals surface area (Å²) in [5.41, 5.74) is 8.85. The van der Waals surface area contributed by atoms with E-state index >= 15 is 0 Å². The summed E-state index contributed by atoms with van der Waals surface area (Å²) in [6.45, 7) is 6.60. The van der Waals surface area contributed by atoms with Gasteiger partial charge in [0.1, 0.15) is 11.4 Å². The van der Waals surface area contributed by atoms with Gasteiger partial charge in [-0.2, -0.15) is 0 Å². The number of nitrogens with two attached hydrogens (primary N) is 1. The first-order valence-electron chi connectivity index (χ1n) is 7.54. The number of hydrogen-bond acceptors (Lipinski definition) is 2. The van der Waals surface area contributed by atoms with Gasteiger partial charge in [0.2, 0.25) is 0 Å². The second kappa shape index (κ2) is 4.24. The second-order valence-electron chi connectivity index (χ2n) is 7.00. The van der Waals surface area contributed by atoms with Gasteiger partial charge in [-0.05, 0) is 50.2 Å². The summed E-state index contributed by atoms with van der Waals surface area (Å²) < 4.78 is 6.43. The molecule has 0 bridgehead atoms. The maximum atomic E-state index is 6.59. The van der Waals surface area contributed by atoms with E-state index in [0.717, 1.165) is 25.0 Å². The molecule has 1 aromatic rings. The smallest absolute Gasteiger partial charge is 0.125 e. The number of benzene rings is 1. The number of fused-ring (bicyclic) bond motifs is 1. The van der Waals surface area contributed by atoms with Crippen molar-refractivity contribution in [3.05, 3.63) is 29.3 Å². The van der Waals surface area contributed by atoms with Crippen LogP contribution in [0.4, 0.5) is 0 Å². The van der Waals surface area contributed by atoms with Crippen molar-refractivity contribution in [2.45, 2.75) is 69.9 Å². The molecule has 0 radical (unpaired) electrons. The van der Waals surface area contributed by atoms with Crippen LogP contribution in [0, 0.1) is 0 Å². The van der Waals surface area contributed by atoms with Gasteiger partial charge in [0, 0.05) is 17.5 Å². The Morgan fingerprint density at radius 3 is 2.53 bits per heavy atom. The van der Waals surface area contributed by atoms with Gasteiger partial charge in [-0.3, -0.25) is 0 Å². The Labute approximate surface area is 116 Å². The van der Waals surface area contributed by atoms with Gasteiger partial charge in [-0.1, -0.05) is 26.0 Å². The molecule has 1 aromatic carbocycles. The van der Waals surface area contributed by atoms with E-state index in [9.17, 15) is 0 Å². The van der Waals surface area contributed by atoms with Gasteiger partial charge in [0.25, 0.3) is 0 Å². The lowest BCUT2D eigenvalue weighted by Gasteiger charge is -2.44. The van der Waals surface area contributed by atoms with Crippen molar-refractivity contribution in [1.29, 1.82) is 0 Å². The van der Waals surface area contributed by atoms with Crippen LogP contribution in [0.25, 0.3) is 0 Å². The Kier molecular flexibility index (Phi) is 2.90. The molecule has 0 amide bonds. The fourth-order valence-corrected chi connectivity index (χ4v) is 3.79. The van der Waals surface area contributed by atoms with Gasteiger partial charge in [0.15, 0.2) is 0 Å². The largest absolute Gasteiger partial charge is 0.487 e. The summed E-state index contributed by atoms with van der Waals surface area (Å²) in [6, 6.07) is 6.58. The van der Waals surface area contributed by atoms with Crippen LogP contribution in [-0.4, -0.2) is 5.60 Å². The Hall–Kier alpha value is -1.02. The number of rotatable bonds is 1. The van der Waals surface area contributed by atoms with Gasteiger partial charge < -0.3 is 10.5 Å². The normalized spacial score (nSPS) is 28.5. The van der Waals surface area contributed by atoms with Gasteiger partial charge in [-0.15, -0.1) is 0 Å². The first kappa shape index (κ1) is 13.0. The molecular weight excluding hydrogens is 234 g/mol. The monoisotopic (exact) mass is 259 g/mol. The first-order valence-corrected chi connectivity index (χ1v) is 7.54. The quantitative estimate of drug-likeness (QED) is 0.824. The minimum atomic E-state index is -0.257. The predicted molar refractivity (Wildman–Crippen MR) is 78.5 cm³/mol. The lowest BCUT2D eigenvalue weighted by molar-refractivity contribution is 0.0223. The number of ether oxygens (including phenoxy) is 1. The van der Waals surface area contributed by atoms with E-state index in [-0.39, 0.29) is 11.1 Å². The molecule has 1 aliphatic carbocycles. The maximum absolute atomic E-state index is 6.59. The lowest BCUT2D eigenvalue weighted by Crippen LogP contribution is -2.49. The fraction of sp³-hybridized carbons (Fsp3) is 0.647. The summed E-state index contributed by atoms with van der Waals surface area (Å²) in [5.74, 6) is 1.56. The highest BCUT2D eigenvalue weighted by Crippen LogP contribution is 2.49. The Bertz CT molecular complexity index is 484. The van der Waals surface area contributed by atoms with E-state index in [2.05, 4.69) is 39.0 Å². The third kappa shape index (κ3) is 2.16. The minimum Gasteiger partial charge on any atom is -0.487 e. The van der Waals surface area contributed by atoms with Crippen LogP contribution >= 0.6 is 0 Å². The highest BCUT2D eigenvalue weighted by atomic mass is 16.5. The first-order chi connectivity index (χ1) is 8.92. The number of hydrogen-bond donors (Lipinski definition) is 1. The summed E-state index contributed by atoms with van der Waals surface area (Å²) >= 11 is 0. The summed E-state index contributed by atoms with van der Waals surface area (Å²) in [5, 5.41) is 0. The van der Waals surface area contributed by atoms with Crippen LogP contribution < -0.4 is 10.5 Å². The van der Waals surface area contributed by atoms with Crippen molar-refractivity contribution < 1.29 is 4.74 Å².